The Morgan fingerprint density at radius 2 is 0.971 bits per heavy atom. The highest BCUT2D eigenvalue weighted by atomic mass is 16.5. The summed E-state index contributed by atoms with van der Waals surface area (Å²) in [5, 5.41) is 30.2. The van der Waals surface area contributed by atoms with Crippen molar-refractivity contribution in [2.24, 2.45) is 11.8 Å². The van der Waals surface area contributed by atoms with Crippen LogP contribution < -0.4 is 24.8 Å². The summed E-state index contributed by atoms with van der Waals surface area (Å²) in [4.78, 5) is 4.37. The van der Waals surface area contributed by atoms with Gasteiger partial charge in [-0.1, -0.05) is 48.2 Å². The van der Waals surface area contributed by atoms with Gasteiger partial charge >= 0.3 is 0 Å². The molecule has 368 valence electrons. The van der Waals surface area contributed by atoms with Crippen LogP contribution in [0.2, 0.25) is 0 Å². The van der Waals surface area contributed by atoms with Crippen molar-refractivity contribution in [3.05, 3.63) is 118 Å². The minimum absolute atomic E-state index is 0.119. The summed E-state index contributed by atoms with van der Waals surface area (Å²) < 4.78 is 19.7. The number of nitrogens with zero attached hydrogens (tertiary/aromatic N) is 2. The first-order valence-electron chi connectivity index (χ1n) is 25.7. The highest BCUT2D eigenvalue weighted by Gasteiger charge is 2.52. The molecule has 0 saturated heterocycles. The molecule has 9 heteroatoms. The summed E-state index contributed by atoms with van der Waals surface area (Å²) in [6, 6.07) is 30.4. The van der Waals surface area contributed by atoms with Crippen LogP contribution in [0.1, 0.15) is 111 Å². The molecule has 2 saturated carbocycles. The van der Waals surface area contributed by atoms with Crippen LogP contribution in [-0.2, 0) is 36.8 Å². The molecular weight excluding hydrogens is 857 g/mol. The fourth-order valence-electron chi connectivity index (χ4n) is 12.4. The van der Waals surface area contributed by atoms with Gasteiger partial charge in [0.1, 0.15) is 34.2 Å². The SMILES string of the molecule is CC#CC1(O)CCC2(CCOc3ccc(CNCCN(C)C)cc3)c3ccc(Oc4ccc5c(c4)CCC4CC(O)(C#CC)CCC54CCOc4ccc(CNCCN(C)C)cc4)cc3CCC2C1. The molecule has 0 heterocycles. The lowest BCUT2D eigenvalue weighted by molar-refractivity contribution is -0.0144. The summed E-state index contributed by atoms with van der Waals surface area (Å²) in [6.07, 6.45) is 9.97. The summed E-state index contributed by atoms with van der Waals surface area (Å²) in [7, 11) is 8.37. The van der Waals surface area contributed by atoms with Crippen LogP contribution in [0.15, 0.2) is 84.9 Å². The smallest absolute Gasteiger partial charge is 0.127 e. The number of aliphatic hydroxyl groups is 2. The van der Waals surface area contributed by atoms with E-state index in [-0.39, 0.29) is 10.8 Å². The van der Waals surface area contributed by atoms with Crippen LogP contribution in [0.25, 0.3) is 0 Å². The fourth-order valence-corrected chi connectivity index (χ4v) is 12.4. The van der Waals surface area contributed by atoms with E-state index >= 15 is 0 Å². The van der Waals surface area contributed by atoms with E-state index in [0.29, 0.717) is 50.7 Å². The lowest BCUT2D eigenvalue weighted by Gasteiger charge is -2.52. The number of nitrogens with one attached hydrogen (secondary N) is 2. The van der Waals surface area contributed by atoms with E-state index in [2.05, 4.69) is 157 Å². The molecule has 4 aliphatic rings. The Bertz CT molecular complexity index is 2300. The standard InChI is InChI=1S/C60H78N4O5/c1-7-25-57(65)27-29-59(31-37-67-51-17-9-45(10-18-51)43-61-33-35-63(3)4)49(41-57)15-13-47-39-53(21-23-55(47)59)69-54-22-24-56-48(40-54)14-16-50-42-58(66,26-8-2)28-30-60(50,56)32-38-68-52-19-11-46(12-20-52)44-62-34-36-64(5)6/h9-12,17-24,39-40,49-50,61-62,65-66H,13-16,27-38,41-44H2,1-6H3. The molecule has 0 amide bonds. The Hall–Kier alpha value is -4.84. The topological polar surface area (TPSA) is 98.7 Å². The van der Waals surface area contributed by atoms with Gasteiger partial charge in [0.25, 0.3) is 0 Å². The molecule has 0 spiro atoms. The van der Waals surface area contributed by atoms with Crippen LogP contribution in [0, 0.1) is 35.5 Å². The normalized spacial score (nSPS) is 25.8. The minimum Gasteiger partial charge on any atom is -0.494 e. The maximum absolute atomic E-state index is 11.6. The maximum Gasteiger partial charge on any atom is 0.127 e. The van der Waals surface area contributed by atoms with Crippen molar-refractivity contribution in [1.82, 2.24) is 20.4 Å². The van der Waals surface area contributed by atoms with E-state index in [1.54, 1.807) is 0 Å². The Balaban J connectivity index is 0.963. The summed E-state index contributed by atoms with van der Waals surface area (Å²) >= 11 is 0. The number of hydrogen-bond acceptors (Lipinski definition) is 9. The lowest BCUT2D eigenvalue weighted by atomic mass is 9.53. The van der Waals surface area contributed by atoms with Crippen molar-refractivity contribution in [2.75, 3.05) is 67.6 Å². The van der Waals surface area contributed by atoms with E-state index in [0.717, 1.165) is 114 Å². The van der Waals surface area contributed by atoms with Gasteiger partial charge in [-0.2, -0.15) is 0 Å². The van der Waals surface area contributed by atoms with Crippen molar-refractivity contribution in [3.8, 4) is 46.7 Å². The Labute approximate surface area is 413 Å². The van der Waals surface area contributed by atoms with Gasteiger partial charge in [0.2, 0.25) is 0 Å². The maximum atomic E-state index is 11.6. The highest BCUT2D eigenvalue weighted by molar-refractivity contribution is 5.48. The predicted molar refractivity (Wildman–Crippen MR) is 278 cm³/mol. The molecule has 4 aromatic rings. The van der Waals surface area contributed by atoms with Crippen molar-refractivity contribution in [1.29, 1.82) is 0 Å². The van der Waals surface area contributed by atoms with Crippen molar-refractivity contribution >= 4 is 0 Å². The van der Waals surface area contributed by atoms with Gasteiger partial charge in [0, 0.05) is 50.1 Å². The molecule has 0 aromatic heterocycles. The van der Waals surface area contributed by atoms with E-state index in [1.165, 1.54) is 33.4 Å². The van der Waals surface area contributed by atoms with Gasteiger partial charge in [0.15, 0.2) is 0 Å². The van der Waals surface area contributed by atoms with Gasteiger partial charge in [-0.05, 0) is 213 Å². The molecule has 2 fully saturated rings. The third kappa shape index (κ3) is 12.2. The zero-order valence-electron chi connectivity index (χ0n) is 42.4. The minimum atomic E-state index is -0.947. The van der Waals surface area contributed by atoms with E-state index < -0.39 is 11.2 Å². The van der Waals surface area contributed by atoms with Gasteiger partial charge < -0.3 is 44.9 Å². The molecule has 6 unspecified atom stereocenters. The first-order chi connectivity index (χ1) is 33.3. The van der Waals surface area contributed by atoms with Gasteiger partial charge in [0.05, 0.1) is 13.2 Å². The van der Waals surface area contributed by atoms with Gasteiger partial charge in [-0.25, -0.2) is 0 Å². The second-order valence-corrected chi connectivity index (χ2v) is 21.2. The predicted octanol–water partition coefficient (Wildman–Crippen LogP) is 9.20. The lowest BCUT2D eigenvalue weighted by Crippen LogP contribution is -2.50. The van der Waals surface area contributed by atoms with E-state index in [1.807, 2.05) is 13.8 Å². The number of rotatable bonds is 20. The number of hydrogen-bond donors (Lipinski definition) is 4. The second kappa shape index (κ2) is 22.5. The number of benzene rings is 4. The van der Waals surface area contributed by atoms with Gasteiger partial charge in [-0.3, -0.25) is 0 Å². The molecule has 4 aliphatic carbocycles. The first-order valence-corrected chi connectivity index (χ1v) is 25.7. The molecule has 0 radical (unpaired) electrons. The summed E-state index contributed by atoms with van der Waals surface area (Å²) in [5.41, 5.74) is 5.76. The largest absolute Gasteiger partial charge is 0.494 e. The molecule has 4 N–H and O–H groups in total. The average molecular weight is 935 g/mol. The van der Waals surface area contributed by atoms with Crippen LogP contribution in [0.5, 0.6) is 23.0 Å². The Morgan fingerprint density at radius 3 is 1.36 bits per heavy atom. The molecule has 8 rings (SSSR count). The van der Waals surface area contributed by atoms with Crippen molar-refractivity contribution in [2.45, 2.75) is 126 Å². The number of ether oxygens (including phenoxy) is 3. The number of likely N-dealkylation sites (N-methyl/N-ethyl adjacent to an activating group) is 2. The third-order valence-corrected chi connectivity index (χ3v) is 16.0. The zero-order valence-corrected chi connectivity index (χ0v) is 42.4. The van der Waals surface area contributed by atoms with Gasteiger partial charge in [-0.15, -0.1) is 11.8 Å². The van der Waals surface area contributed by atoms with Crippen LogP contribution in [0.3, 0.4) is 0 Å². The third-order valence-electron chi connectivity index (χ3n) is 16.0. The molecule has 0 aliphatic heterocycles. The van der Waals surface area contributed by atoms with Crippen LogP contribution in [0.4, 0.5) is 0 Å². The second-order valence-electron chi connectivity index (χ2n) is 21.2. The van der Waals surface area contributed by atoms with Crippen LogP contribution in [-0.4, -0.2) is 98.8 Å². The number of aryl methyl sites for hydroxylation is 2. The van der Waals surface area contributed by atoms with E-state index in [9.17, 15) is 10.2 Å². The molecule has 4 aromatic carbocycles. The van der Waals surface area contributed by atoms with Crippen LogP contribution >= 0.6 is 0 Å². The molecule has 6 atom stereocenters. The molecular formula is C60H78N4O5. The first kappa shape index (κ1) is 50.5. The average Bonchev–Trinajstić information content (AvgIpc) is 3.33. The highest BCUT2D eigenvalue weighted by Crippen LogP contribution is 2.57. The molecule has 9 nitrogen and oxygen atoms in total. The Morgan fingerprint density at radius 1 is 0.565 bits per heavy atom. The van der Waals surface area contributed by atoms with E-state index in [4.69, 9.17) is 14.2 Å². The quantitative estimate of drug-likeness (QED) is 0.0511. The molecule has 0 bridgehead atoms. The monoisotopic (exact) mass is 935 g/mol. The Kier molecular flexibility index (Phi) is 16.5. The zero-order chi connectivity index (χ0) is 48.5. The number of fused-ring (bicyclic) bond motifs is 6. The van der Waals surface area contributed by atoms with Crippen molar-refractivity contribution in [3.63, 3.8) is 0 Å². The fraction of sp³-hybridized carbons (Fsp3) is 0.533. The molecule has 69 heavy (non-hydrogen) atoms. The van der Waals surface area contributed by atoms with Crippen molar-refractivity contribution < 1.29 is 24.4 Å². The summed E-state index contributed by atoms with van der Waals surface area (Å²) in [5.74, 6) is 16.5. The summed E-state index contributed by atoms with van der Waals surface area (Å²) in [6.45, 7) is 10.5.